The molecule has 4 nitrogen and oxygen atoms in total. The number of benzene rings is 1. The van der Waals surface area contributed by atoms with Crippen molar-refractivity contribution in [3.8, 4) is 0 Å². The highest BCUT2D eigenvalue weighted by molar-refractivity contribution is 9.10. The zero-order chi connectivity index (χ0) is 15.5. The Bertz CT molecular complexity index is 545. The summed E-state index contributed by atoms with van der Waals surface area (Å²) >= 11 is 3.55. The molecule has 2 aliphatic rings. The van der Waals surface area contributed by atoms with Gasteiger partial charge >= 0.3 is 0 Å². The molecule has 2 N–H and O–H groups in total. The van der Waals surface area contributed by atoms with Crippen LogP contribution in [0.2, 0.25) is 0 Å². The van der Waals surface area contributed by atoms with Gasteiger partial charge in [0.15, 0.2) is 5.96 Å². The molecule has 1 aromatic carbocycles. The summed E-state index contributed by atoms with van der Waals surface area (Å²) in [6.07, 6.45) is 2.50. The number of aliphatic imine (C=N–C) groups is 1. The molecule has 0 spiro atoms. The lowest BCUT2D eigenvalue weighted by Crippen LogP contribution is -2.41. The van der Waals surface area contributed by atoms with Crippen LogP contribution in [0.1, 0.15) is 19.8 Å². The quantitative estimate of drug-likeness (QED) is 0.637. The van der Waals surface area contributed by atoms with E-state index in [-0.39, 0.29) is 0 Å². The van der Waals surface area contributed by atoms with Gasteiger partial charge in [-0.15, -0.1) is 0 Å². The van der Waals surface area contributed by atoms with E-state index in [2.05, 4.69) is 67.6 Å². The van der Waals surface area contributed by atoms with Crippen LogP contribution < -0.4 is 15.5 Å². The molecule has 1 aliphatic heterocycles. The van der Waals surface area contributed by atoms with E-state index in [1.807, 2.05) is 7.05 Å². The maximum atomic E-state index is 4.33. The van der Waals surface area contributed by atoms with Crippen LogP contribution in [0.3, 0.4) is 0 Å². The molecule has 1 aliphatic carbocycles. The fraction of sp³-hybridized carbons (Fsp3) is 0.588. The fourth-order valence-electron chi connectivity index (χ4n) is 3.04. The monoisotopic (exact) mass is 364 g/mol. The maximum Gasteiger partial charge on any atom is 0.191 e. The van der Waals surface area contributed by atoms with Crippen molar-refractivity contribution in [1.29, 1.82) is 0 Å². The highest BCUT2D eigenvalue weighted by Crippen LogP contribution is 2.29. The van der Waals surface area contributed by atoms with Gasteiger partial charge in [-0.1, -0.05) is 28.9 Å². The first-order valence-corrected chi connectivity index (χ1v) is 8.92. The summed E-state index contributed by atoms with van der Waals surface area (Å²) in [7, 11) is 1.85. The minimum atomic E-state index is 0.618. The largest absolute Gasteiger partial charge is 0.371 e. The van der Waals surface area contributed by atoms with Crippen LogP contribution in [0.5, 0.6) is 0 Å². The summed E-state index contributed by atoms with van der Waals surface area (Å²) in [5.74, 6) is 2.42. The highest BCUT2D eigenvalue weighted by atomic mass is 79.9. The molecule has 2 fully saturated rings. The van der Waals surface area contributed by atoms with Crippen LogP contribution in [0.25, 0.3) is 0 Å². The Balaban J connectivity index is 1.46. The van der Waals surface area contributed by atoms with Gasteiger partial charge in [-0.3, -0.25) is 4.99 Å². The second kappa shape index (κ2) is 6.90. The minimum Gasteiger partial charge on any atom is -0.371 e. The third kappa shape index (κ3) is 3.94. The van der Waals surface area contributed by atoms with Crippen LogP contribution in [-0.4, -0.2) is 38.7 Å². The van der Waals surface area contributed by atoms with Crippen LogP contribution >= 0.6 is 15.9 Å². The van der Waals surface area contributed by atoms with Crippen molar-refractivity contribution in [2.24, 2.45) is 16.8 Å². The first-order valence-electron chi connectivity index (χ1n) is 8.13. The second-order valence-corrected chi connectivity index (χ2v) is 7.41. The number of nitrogens with zero attached hydrogens (tertiary/aromatic N) is 2. The van der Waals surface area contributed by atoms with Gasteiger partial charge in [-0.25, -0.2) is 0 Å². The van der Waals surface area contributed by atoms with E-state index in [0.29, 0.717) is 12.0 Å². The van der Waals surface area contributed by atoms with Crippen molar-refractivity contribution in [3.63, 3.8) is 0 Å². The lowest BCUT2D eigenvalue weighted by molar-refractivity contribution is 0.564. The van der Waals surface area contributed by atoms with Gasteiger partial charge in [0.25, 0.3) is 0 Å². The first kappa shape index (κ1) is 15.7. The van der Waals surface area contributed by atoms with Crippen LogP contribution in [-0.2, 0) is 0 Å². The third-order valence-corrected chi connectivity index (χ3v) is 5.17. The van der Waals surface area contributed by atoms with Gasteiger partial charge in [0.05, 0.1) is 0 Å². The van der Waals surface area contributed by atoms with E-state index >= 15 is 0 Å². The summed E-state index contributed by atoms with van der Waals surface area (Å²) in [4.78, 5) is 6.80. The number of hydrogen-bond acceptors (Lipinski definition) is 2. The number of rotatable bonds is 4. The Morgan fingerprint density at radius 3 is 2.95 bits per heavy atom. The number of nitrogens with one attached hydrogen (secondary N) is 2. The molecule has 1 aromatic rings. The standard InChI is InChI=1S/C17H25BrN4/c1-12-8-16(12)21-17(19-2)20-10-13-6-7-22(11-13)15-5-3-4-14(18)9-15/h3-5,9,12-13,16H,6-8,10-11H2,1-2H3,(H2,19,20,21). The zero-order valence-electron chi connectivity index (χ0n) is 13.3. The van der Waals surface area contributed by atoms with Gasteiger partial charge < -0.3 is 15.5 Å². The molecule has 0 amide bonds. The molecule has 1 heterocycles. The van der Waals surface area contributed by atoms with E-state index in [4.69, 9.17) is 0 Å². The van der Waals surface area contributed by atoms with Crippen molar-refractivity contribution >= 4 is 27.6 Å². The summed E-state index contributed by atoms with van der Waals surface area (Å²) in [6.45, 7) is 5.51. The fourth-order valence-corrected chi connectivity index (χ4v) is 3.43. The SMILES string of the molecule is CN=C(NCC1CCN(c2cccc(Br)c2)C1)NC1CC1C. The summed E-state index contributed by atoms with van der Waals surface area (Å²) in [6, 6.07) is 9.19. The molecule has 1 saturated heterocycles. The van der Waals surface area contributed by atoms with Crippen molar-refractivity contribution in [2.75, 3.05) is 31.6 Å². The van der Waals surface area contributed by atoms with Gasteiger partial charge in [-0.2, -0.15) is 0 Å². The van der Waals surface area contributed by atoms with Gasteiger partial charge in [0, 0.05) is 42.9 Å². The lowest BCUT2D eigenvalue weighted by Gasteiger charge is -2.19. The summed E-state index contributed by atoms with van der Waals surface area (Å²) in [5.41, 5.74) is 1.31. The third-order valence-electron chi connectivity index (χ3n) is 4.67. The van der Waals surface area contributed by atoms with Crippen molar-refractivity contribution < 1.29 is 0 Å². The van der Waals surface area contributed by atoms with E-state index in [9.17, 15) is 0 Å². The molecule has 22 heavy (non-hydrogen) atoms. The average molecular weight is 365 g/mol. The predicted octanol–water partition coefficient (Wildman–Crippen LogP) is 2.85. The van der Waals surface area contributed by atoms with E-state index in [1.54, 1.807) is 0 Å². The number of guanidine groups is 1. The molecular formula is C17H25BrN4. The van der Waals surface area contributed by atoms with Crippen LogP contribution in [0, 0.1) is 11.8 Å². The first-order chi connectivity index (χ1) is 10.7. The molecule has 3 atom stereocenters. The molecule has 0 radical (unpaired) electrons. The van der Waals surface area contributed by atoms with Crippen molar-refractivity contribution in [2.45, 2.75) is 25.8 Å². The molecule has 120 valence electrons. The second-order valence-electron chi connectivity index (χ2n) is 6.50. The minimum absolute atomic E-state index is 0.618. The lowest BCUT2D eigenvalue weighted by atomic mass is 10.1. The number of halogens is 1. The maximum absolute atomic E-state index is 4.33. The summed E-state index contributed by atoms with van der Waals surface area (Å²) < 4.78 is 1.15. The number of hydrogen-bond donors (Lipinski definition) is 2. The normalized spacial score (nSPS) is 27.9. The smallest absolute Gasteiger partial charge is 0.191 e. The summed E-state index contributed by atoms with van der Waals surface area (Å²) in [5, 5.41) is 6.97. The Kier molecular flexibility index (Phi) is 4.91. The van der Waals surface area contributed by atoms with Gasteiger partial charge in [0.2, 0.25) is 0 Å². The Labute approximate surface area is 141 Å². The highest BCUT2D eigenvalue weighted by Gasteiger charge is 2.33. The molecule has 3 rings (SSSR count). The average Bonchev–Trinajstić information content (AvgIpc) is 3.01. The molecule has 1 saturated carbocycles. The molecular weight excluding hydrogens is 340 g/mol. The molecule has 5 heteroatoms. The van der Waals surface area contributed by atoms with Crippen molar-refractivity contribution in [1.82, 2.24) is 10.6 Å². The molecule has 0 bridgehead atoms. The Morgan fingerprint density at radius 2 is 2.27 bits per heavy atom. The Hall–Kier alpha value is -1.23. The topological polar surface area (TPSA) is 39.7 Å². The molecule has 0 aromatic heterocycles. The van der Waals surface area contributed by atoms with Gasteiger partial charge in [0.1, 0.15) is 0 Å². The van der Waals surface area contributed by atoms with Crippen LogP contribution in [0.15, 0.2) is 33.7 Å². The predicted molar refractivity (Wildman–Crippen MR) is 96.5 cm³/mol. The van der Waals surface area contributed by atoms with Crippen molar-refractivity contribution in [3.05, 3.63) is 28.7 Å². The Morgan fingerprint density at radius 1 is 1.45 bits per heavy atom. The van der Waals surface area contributed by atoms with Gasteiger partial charge in [-0.05, 0) is 42.9 Å². The van der Waals surface area contributed by atoms with E-state index in [0.717, 1.165) is 36.0 Å². The zero-order valence-corrected chi connectivity index (χ0v) is 14.9. The molecule has 3 unspecified atom stereocenters. The van der Waals surface area contributed by atoms with E-state index < -0.39 is 0 Å². The number of anilines is 1. The van der Waals surface area contributed by atoms with E-state index in [1.165, 1.54) is 18.5 Å². The van der Waals surface area contributed by atoms with Crippen LogP contribution in [0.4, 0.5) is 5.69 Å².